The Kier molecular flexibility index (Phi) is 7.33. The smallest absolute Gasteiger partial charge is 0.319 e. The minimum Gasteiger partial charge on any atom is -0.468 e. The Labute approximate surface area is 195 Å². The van der Waals surface area contributed by atoms with Crippen molar-refractivity contribution in [3.05, 3.63) is 34.9 Å². The van der Waals surface area contributed by atoms with Gasteiger partial charge in [0.15, 0.2) is 0 Å². The topological polar surface area (TPSA) is 86.8 Å². The molecule has 1 unspecified atom stereocenters. The van der Waals surface area contributed by atoms with Crippen molar-refractivity contribution < 1.29 is 9.53 Å². The van der Waals surface area contributed by atoms with Gasteiger partial charge in [-0.3, -0.25) is 14.6 Å². The lowest BCUT2D eigenvalue weighted by atomic mass is 9.94. The molecule has 2 fully saturated rings. The Morgan fingerprint density at radius 1 is 1.19 bits per heavy atom. The molecule has 0 saturated carbocycles. The molecule has 0 aromatic heterocycles. The Balaban J connectivity index is 1.44. The van der Waals surface area contributed by atoms with Crippen molar-refractivity contribution in [3.63, 3.8) is 0 Å². The average Bonchev–Trinajstić information content (AvgIpc) is 3.23. The summed E-state index contributed by atoms with van der Waals surface area (Å²) in [4.78, 5) is 19.2. The van der Waals surface area contributed by atoms with Crippen LogP contribution in [0.1, 0.15) is 31.7 Å². The number of amidine groups is 2. The number of halogens is 1. The second-order valence-electron chi connectivity index (χ2n) is 9.04. The standard InChI is InChI=1S/C23H33ClN6O2/c1-16-13-30(19-7-9-28(10-8-19)22-12-21(25)26-27-22)20(14-29(16)15-23(31)32-2)11-17-3-5-18(24)6-4-17/h3-6,16,19-20H,7-15H2,1-2H3,(H2,25,26)/t16-,20?/m0/s1. The first-order valence-corrected chi connectivity index (χ1v) is 11.8. The normalized spacial score (nSPS) is 25.5. The molecule has 0 aliphatic carbocycles. The molecular weight excluding hydrogens is 428 g/mol. The van der Waals surface area contributed by atoms with Gasteiger partial charge in [0.25, 0.3) is 0 Å². The van der Waals surface area contributed by atoms with Crippen molar-refractivity contribution in [3.8, 4) is 0 Å². The molecule has 1 aromatic rings. The molecule has 8 nitrogen and oxygen atoms in total. The number of ether oxygens (including phenoxy) is 1. The maximum absolute atomic E-state index is 12.0. The van der Waals surface area contributed by atoms with Crippen LogP contribution in [0.4, 0.5) is 0 Å². The molecule has 2 N–H and O–H groups in total. The van der Waals surface area contributed by atoms with Crippen molar-refractivity contribution in [1.29, 1.82) is 0 Å². The summed E-state index contributed by atoms with van der Waals surface area (Å²) >= 11 is 6.10. The van der Waals surface area contributed by atoms with E-state index in [1.165, 1.54) is 12.7 Å². The molecule has 1 aromatic carbocycles. The summed E-state index contributed by atoms with van der Waals surface area (Å²) in [6.07, 6.45) is 3.76. The van der Waals surface area contributed by atoms with E-state index in [2.05, 4.69) is 44.0 Å². The molecule has 0 radical (unpaired) electrons. The summed E-state index contributed by atoms with van der Waals surface area (Å²) < 4.78 is 4.94. The first kappa shape index (κ1) is 23.0. The fraction of sp³-hybridized carbons (Fsp3) is 0.609. The van der Waals surface area contributed by atoms with Gasteiger partial charge in [-0.2, -0.15) is 0 Å². The van der Waals surface area contributed by atoms with Gasteiger partial charge < -0.3 is 15.4 Å². The molecule has 0 amide bonds. The molecule has 3 aliphatic heterocycles. The fourth-order valence-electron chi connectivity index (χ4n) is 5.08. The van der Waals surface area contributed by atoms with Gasteiger partial charge in [0.05, 0.1) is 20.1 Å². The fourth-order valence-corrected chi connectivity index (χ4v) is 5.21. The first-order valence-electron chi connectivity index (χ1n) is 11.4. The lowest BCUT2D eigenvalue weighted by molar-refractivity contribution is -0.144. The van der Waals surface area contributed by atoms with Gasteiger partial charge in [-0.25, -0.2) is 0 Å². The Morgan fingerprint density at radius 2 is 1.91 bits per heavy atom. The van der Waals surface area contributed by atoms with E-state index in [1.54, 1.807) is 0 Å². The lowest BCUT2D eigenvalue weighted by Crippen LogP contribution is -2.62. The zero-order chi connectivity index (χ0) is 22.7. The summed E-state index contributed by atoms with van der Waals surface area (Å²) in [5, 5.41) is 8.99. The molecule has 32 heavy (non-hydrogen) atoms. The van der Waals surface area contributed by atoms with Crippen LogP contribution in [0.15, 0.2) is 34.5 Å². The molecule has 3 heterocycles. The van der Waals surface area contributed by atoms with Crippen LogP contribution in [0.25, 0.3) is 0 Å². The van der Waals surface area contributed by atoms with E-state index in [0.717, 1.165) is 56.3 Å². The Morgan fingerprint density at radius 3 is 2.53 bits per heavy atom. The third-order valence-electron chi connectivity index (χ3n) is 6.89. The number of piperidine rings is 1. The number of methoxy groups -OCH3 is 1. The average molecular weight is 461 g/mol. The van der Waals surface area contributed by atoms with Gasteiger partial charge in [0.1, 0.15) is 11.7 Å². The number of piperazine rings is 1. The molecule has 3 aliphatic rings. The number of rotatable bonds is 5. The monoisotopic (exact) mass is 460 g/mol. The van der Waals surface area contributed by atoms with Crippen molar-refractivity contribution >= 4 is 29.2 Å². The van der Waals surface area contributed by atoms with Crippen LogP contribution < -0.4 is 5.73 Å². The highest BCUT2D eigenvalue weighted by Gasteiger charge is 2.38. The van der Waals surface area contributed by atoms with Gasteiger partial charge in [-0.15, -0.1) is 10.2 Å². The number of likely N-dealkylation sites (tertiary alicyclic amines) is 1. The van der Waals surface area contributed by atoms with E-state index in [1.807, 2.05) is 12.1 Å². The summed E-state index contributed by atoms with van der Waals surface area (Å²) in [5.74, 6) is 1.42. The van der Waals surface area contributed by atoms with Crippen molar-refractivity contribution in [2.45, 2.75) is 50.7 Å². The van der Waals surface area contributed by atoms with Crippen molar-refractivity contribution in [1.82, 2.24) is 14.7 Å². The number of esters is 1. The van der Waals surface area contributed by atoms with Crippen molar-refractivity contribution in [2.75, 3.05) is 39.8 Å². The van der Waals surface area contributed by atoms with Gasteiger partial charge in [-0.05, 0) is 43.9 Å². The molecule has 174 valence electrons. The molecule has 4 rings (SSSR count). The molecule has 9 heteroatoms. The Hall–Kier alpha value is -2.16. The van der Waals surface area contributed by atoms with E-state index in [9.17, 15) is 4.79 Å². The number of nitrogens with two attached hydrogens (primary N) is 1. The number of carbonyl (C=O) groups excluding carboxylic acids is 1. The molecule has 0 bridgehead atoms. The number of carbonyl (C=O) groups is 1. The third-order valence-corrected chi connectivity index (χ3v) is 7.14. The third kappa shape index (κ3) is 5.42. The molecule has 0 spiro atoms. The van der Waals surface area contributed by atoms with Gasteiger partial charge >= 0.3 is 5.97 Å². The van der Waals surface area contributed by atoms with Crippen LogP contribution in [-0.4, -0.2) is 90.3 Å². The van der Waals surface area contributed by atoms with Crippen LogP contribution in [0.2, 0.25) is 5.02 Å². The van der Waals surface area contributed by atoms with Gasteiger partial charge in [0.2, 0.25) is 0 Å². The van der Waals surface area contributed by atoms with Crippen LogP contribution in [-0.2, 0) is 16.0 Å². The minimum atomic E-state index is -0.178. The van der Waals surface area contributed by atoms with Crippen LogP contribution >= 0.6 is 11.6 Å². The maximum Gasteiger partial charge on any atom is 0.319 e. The predicted octanol–water partition coefficient (Wildman–Crippen LogP) is 1.97. The minimum absolute atomic E-state index is 0.178. The highest BCUT2D eigenvalue weighted by molar-refractivity contribution is 6.30. The highest BCUT2D eigenvalue weighted by atomic mass is 35.5. The number of nitrogens with zero attached hydrogens (tertiary/aromatic N) is 5. The quantitative estimate of drug-likeness (QED) is 0.676. The van der Waals surface area contributed by atoms with Gasteiger partial charge in [0, 0.05) is 49.3 Å². The number of hydrogen-bond acceptors (Lipinski definition) is 8. The zero-order valence-corrected chi connectivity index (χ0v) is 19.7. The number of benzene rings is 1. The van der Waals surface area contributed by atoms with E-state index in [4.69, 9.17) is 22.1 Å². The summed E-state index contributed by atoms with van der Waals surface area (Å²) in [6.45, 7) is 6.26. The highest BCUT2D eigenvalue weighted by Crippen LogP contribution is 2.27. The summed E-state index contributed by atoms with van der Waals surface area (Å²) in [5.41, 5.74) is 7.07. The van der Waals surface area contributed by atoms with E-state index < -0.39 is 0 Å². The zero-order valence-electron chi connectivity index (χ0n) is 18.9. The number of hydrogen-bond donors (Lipinski definition) is 1. The largest absolute Gasteiger partial charge is 0.468 e. The first-order chi connectivity index (χ1) is 15.4. The van der Waals surface area contributed by atoms with E-state index in [0.29, 0.717) is 36.9 Å². The van der Waals surface area contributed by atoms with Crippen molar-refractivity contribution in [2.24, 2.45) is 15.9 Å². The van der Waals surface area contributed by atoms with E-state index in [-0.39, 0.29) is 5.97 Å². The van der Waals surface area contributed by atoms with Crippen LogP contribution in [0, 0.1) is 0 Å². The molecule has 2 atom stereocenters. The predicted molar refractivity (Wildman–Crippen MR) is 127 cm³/mol. The van der Waals surface area contributed by atoms with E-state index >= 15 is 0 Å². The SMILES string of the molecule is COC(=O)CN1CC(Cc2ccc(Cl)cc2)N(C2CCN(C3=NN=C(N)C3)CC2)C[C@@H]1C. The summed E-state index contributed by atoms with van der Waals surface area (Å²) in [6, 6.07) is 9.24. The maximum atomic E-state index is 12.0. The summed E-state index contributed by atoms with van der Waals surface area (Å²) in [7, 11) is 1.45. The second kappa shape index (κ2) is 10.2. The van der Waals surface area contributed by atoms with Gasteiger partial charge in [-0.1, -0.05) is 23.7 Å². The lowest BCUT2D eigenvalue weighted by Gasteiger charge is -2.50. The second-order valence-corrected chi connectivity index (χ2v) is 9.47. The van der Waals surface area contributed by atoms with Crippen LogP contribution in [0.3, 0.4) is 0 Å². The molecular formula is C23H33ClN6O2. The Bertz CT molecular complexity index is 866. The van der Waals surface area contributed by atoms with Crippen LogP contribution in [0.5, 0.6) is 0 Å². The molecule has 2 saturated heterocycles.